The number of nitrogens with zero attached hydrogens (tertiary/aromatic N) is 3. The van der Waals surface area contributed by atoms with Crippen molar-refractivity contribution in [3.63, 3.8) is 0 Å². The highest BCUT2D eigenvalue weighted by Gasteiger charge is 2.45. The van der Waals surface area contributed by atoms with Gasteiger partial charge in [0.2, 0.25) is 5.91 Å². The van der Waals surface area contributed by atoms with Gasteiger partial charge >= 0.3 is 0 Å². The maximum Gasteiger partial charge on any atom is 0.229 e. The molecule has 2 fully saturated rings. The number of benzene rings is 1. The fourth-order valence-corrected chi connectivity index (χ4v) is 5.44. The van der Waals surface area contributed by atoms with Gasteiger partial charge in [-0.2, -0.15) is 0 Å². The highest BCUT2D eigenvalue weighted by molar-refractivity contribution is 5.84. The molecule has 0 saturated carbocycles. The lowest BCUT2D eigenvalue weighted by molar-refractivity contribution is -0.139. The molecular formula is C23H37N3O. The summed E-state index contributed by atoms with van der Waals surface area (Å²) in [4.78, 5) is 19.7. The van der Waals surface area contributed by atoms with Crippen molar-refractivity contribution < 1.29 is 4.79 Å². The van der Waals surface area contributed by atoms with Crippen molar-refractivity contribution in [3.05, 3.63) is 35.9 Å². The fourth-order valence-electron chi connectivity index (χ4n) is 5.44. The first-order valence-corrected chi connectivity index (χ1v) is 10.4. The lowest BCUT2D eigenvalue weighted by Gasteiger charge is -2.50. The van der Waals surface area contributed by atoms with Crippen molar-refractivity contribution in [2.45, 2.75) is 39.0 Å². The minimum absolute atomic E-state index is 0.0293. The van der Waals surface area contributed by atoms with Gasteiger partial charge in [0.15, 0.2) is 0 Å². The molecule has 2 aliphatic heterocycles. The first kappa shape index (κ1) is 20.3. The summed E-state index contributed by atoms with van der Waals surface area (Å²) in [6.07, 6.45) is 3.41. The fraction of sp³-hybridized carbons (Fsp3) is 0.696. The number of likely N-dealkylation sites (tertiary alicyclic amines) is 2. The molecule has 4 heteroatoms. The third-order valence-electron chi connectivity index (χ3n) is 6.40. The minimum atomic E-state index is 0.0293. The largest absolute Gasteiger partial charge is 0.345 e. The van der Waals surface area contributed by atoms with Crippen molar-refractivity contribution in [1.82, 2.24) is 14.7 Å². The molecule has 1 spiro atoms. The molecule has 0 aliphatic carbocycles. The lowest BCUT2D eigenvalue weighted by atomic mass is 9.67. The Labute approximate surface area is 165 Å². The number of carbonyl (C=O) groups excluding carboxylic acids is 1. The Kier molecular flexibility index (Phi) is 5.97. The molecule has 2 saturated heterocycles. The summed E-state index contributed by atoms with van der Waals surface area (Å²) in [5, 5.41) is 0. The van der Waals surface area contributed by atoms with Crippen molar-refractivity contribution in [2.75, 3.05) is 53.9 Å². The molecule has 1 aromatic rings. The molecule has 0 unspecified atom stereocenters. The van der Waals surface area contributed by atoms with Gasteiger partial charge in [-0.1, -0.05) is 44.2 Å². The zero-order valence-corrected chi connectivity index (χ0v) is 17.9. The summed E-state index contributed by atoms with van der Waals surface area (Å²) in [5.74, 6) is 0.322. The monoisotopic (exact) mass is 371 g/mol. The summed E-state index contributed by atoms with van der Waals surface area (Å²) in [6.45, 7) is 10.2. The molecule has 3 rings (SSSR count). The molecule has 0 radical (unpaired) electrons. The Hall–Kier alpha value is -1.39. The normalized spacial score (nSPS) is 24.0. The molecule has 1 atom stereocenters. The molecule has 1 aromatic carbocycles. The standard InChI is InChI=1S/C23H37N3O/c1-22(2,16-24(3)4)17-26-13-11-23(12-14-26)15-20(21(27)25(5)18-23)19-9-7-6-8-10-19/h6-10,20H,11-18H2,1-5H3/t20-/m0/s1. The summed E-state index contributed by atoms with van der Waals surface area (Å²) < 4.78 is 0. The van der Waals surface area contributed by atoms with Crippen molar-refractivity contribution >= 4 is 5.91 Å². The van der Waals surface area contributed by atoms with E-state index in [9.17, 15) is 4.79 Å². The van der Waals surface area contributed by atoms with Crippen molar-refractivity contribution in [2.24, 2.45) is 10.8 Å². The van der Waals surface area contributed by atoms with Crippen LogP contribution in [0.4, 0.5) is 0 Å². The predicted octanol–water partition coefficient (Wildman–Crippen LogP) is 3.30. The van der Waals surface area contributed by atoms with Crippen LogP contribution in [-0.2, 0) is 4.79 Å². The molecule has 0 bridgehead atoms. The molecular weight excluding hydrogens is 334 g/mol. The van der Waals surface area contributed by atoms with Crippen LogP contribution in [0.1, 0.15) is 44.6 Å². The number of likely N-dealkylation sites (N-methyl/N-ethyl adjacent to an activating group) is 1. The van der Waals surface area contributed by atoms with Crippen LogP contribution in [0.3, 0.4) is 0 Å². The van der Waals surface area contributed by atoms with E-state index < -0.39 is 0 Å². The summed E-state index contributed by atoms with van der Waals surface area (Å²) >= 11 is 0. The maximum atomic E-state index is 12.8. The van der Waals surface area contributed by atoms with Crippen LogP contribution in [0.25, 0.3) is 0 Å². The zero-order chi connectivity index (χ0) is 19.7. The zero-order valence-electron chi connectivity index (χ0n) is 17.9. The SMILES string of the molecule is CN(C)CC(C)(C)CN1CCC2(CC1)C[C@@H](c1ccccc1)C(=O)N(C)C2. The summed E-state index contributed by atoms with van der Waals surface area (Å²) in [6, 6.07) is 10.4. The van der Waals surface area contributed by atoms with Gasteiger partial charge in [-0.3, -0.25) is 4.79 Å². The molecule has 1 amide bonds. The molecule has 150 valence electrons. The van der Waals surface area contributed by atoms with Gasteiger partial charge in [0, 0.05) is 26.7 Å². The third kappa shape index (κ3) is 4.91. The number of hydrogen-bond donors (Lipinski definition) is 0. The van der Waals surface area contributed by atoms with E-state index in [1.54, 1.807) is 0 Å². The number of rotatable bonds is 5. The second kappa shape index (κ2) is 7.92. The van der Waals surface area contributed by atoms with Crippen LogP contribution in [0, 0.1) is 10.8 Å². The van der Waals surface area contributed by atoms with Gasteiger partial charge in [-0.05, 0) is 62.8 Å². The van der Waals surface area contributed by atoms with E-state index in [2.05, 4.69) is 62.0 Å². The second-order valence-corrected chi connectivity index (χ2v) is 10.0. The van der Waals surface area contributed by atoms with Crippen molar-refractivity contribution in [1.29, 1.82) is 0 Å². The Bertz CT molecular complexity index is 632. The lowest BCUT2D eigenvalue weighted by Crippen LogP contribution is -2.54. The quantitative estimate of drug-likeness (QED) is 0.795. The Morgan fingerprint density at radius 2 is 1.78 bits per heavy atom. The highest BCUT2D eigenvalue weighted by Crippen LogP contribution is 2.45. The Morgan fingerprint density at radius 1 is 1.15 bits per heavy atom. The van der Waals surface area contributed by atoms with E-state index in [0.29, 0.717) is 11.3 Å². The number of piperidine rings is 2. The van der Waals surface area contributed by atoms with Gasteiger partial charge < -0.3 is 14.7 Å². The van der Waals surface area contributed by atoms with Crippen LogP contribution in [0.15, 0.2) is 30.3 Å². The number of hydrogen-bond acceptors (Lipinski definition) is 3. The van der Waals surface area contributed by atoms with Crippen molar-refractivity contribution in [3.8, 4) is 0 Å². The van der Waals surface area contributed by atoms with E-state index in [1.165, 1.54) is 18.4 Å². The van der Waals surface area contributed by atoms with E-state index in [1.807, 2.05) is 18.0 Å². The third-order valence-corrected chi connectivity index (χ3v) is 6.40. The van der Waals surface area contributed by atoms with Crippen LogP contribution in [-0.4, -0.2) is 74.5 Å². The first-order valence-electron chi connectivity index (χ1n) is 10.4. The maximum absolute atomic E-state index is 12.8. The van der Waals surface area contributed by atoms with E-state index in [-0.39, 0.29) is 11.3 Å². The molecule has 4 nitrogen and oxygen atoms in total. The van der Waals surface area contributed by atoms with Crippen LogP contribution >= 0.6 is 0 Å². The smallest absolute Gasteiger partial charge is 0.229 e. The van der Waals surface area contributed by atoms with Crippen LogP contribution in [0.2, 0.25) is 0 Å². The first-order chi connectivity index (χ1) is 12.7. The van der Waals surface area contributed by atoms with Gasteiger partial charge in [-0.15, -0.1) is 0 Å². The molecule has 0 N–H and O–H groups in total. The van der Waals surface area contributed by atoms with Gasteiger partial charge in [0.1, 0.15) is 0 Å². The van der Waals surface area contributed by atoms with E-state index >= 15 is 0 Å². The predicted molar refractivity (Wildman–Crippen MR) is 112 cm³/mol. The molecule has 27 heavy (non-hydrogen) atoms. The average molecular weight is 372 g/mol. The second-order valence-electron chi connectivity index (χ2n) is 10.0. The number of amides is 1. The summed E-state index contributed by atoms with van der Waals surface area (Å²) in [5.41, 5.74) is 1.77. The van der Waals surface area contributed by atoms with Crippen LogP contribution in [0.5, 0.6) is 0 Å². The summed E-state index contributed by atoms with van der Waals surface area (Å²) in [7, 11) is 6.31. The highest BCUT2D eigenvalue weighted by atomic mass is 16.2. The van der Waals surface area contributed by atoms with Gasteiger partial charge in [0.25, 0.3) is 0 Å². The van der Waals surface area contributed by atoms with E-state index in [0.717, 1.165) is 39.1 Å². The Morgan fingerprint density at radius 3 is 2.37 bits per heavy atom. The van der Waals surface area contributed by atoms with E-state index in [4.69, 9.17) is 0 Å². The molecule has 2 heterocycles. The topological polar surface area (TPSA) is 26.8 Å². The van der Waals surface area contributed by atoms with Gasteiger partial charge in [0.05, 0.1) is 5.92 Å². The minimum Gasteiger partial charge on any atom is -0.345 e. The van der Waals surface area contributed by atoms with Gasteiger partial charge in [-0.25, -0.2) is 0 Å². The van der Waals surface area contributed by atoms with Crippen LogP contribution < -0.4 is 0 Å². The molecule has 2 aliphatic rings. The number of carbonyl (C=O) groups is 1. The average Bonchev–Trinajstić information content (AvgIpc) is 2.60. The Balaban J connectivity index is 1.65. The molecule has 0 aromatic heterocycles.